The Bertz CT molecular complexity index is 3130. The molecule has 0 unspecified atom stereocenters. The predicted octanol–water partition coefficient (Wildman–Crippen LogP) is 14.7. The van der Waals surface area contributed by atoms with E-state index in [9.17, 15) is 0 Å². The van der Waals surface area contributed by atoms with E-state index >= 15 is 0 Å². The zero-order chi connectivity index (χ0) is 34.2. The zero-order valence-corrected chi connectivity index (χ0v) is 28.7. The van der Waals surface area contributed by atoms with Gasteiger partial charge in [0.2, 0.25) is 0 Å². The van der Waals surface area contributed by atoms with Gasteiger partial charge in [0.15, 0.2) is 0 Å². The van der Waals surface area contributed by atoms with Crippen LogP contribution in [-0.4, -0.2) is 0 Å². The molecule has 0 bridgehead atoms. The van der Waals surface area contributed by atoms with Crippen LogP contribution in [0.1, 0.15) is 0 Å². The van der Waals surface area contributed by atoms with Crippen molar-refractivity contribution >= 4 is 92.4 Å². The number of fused-ring (bicyclic) bond motifs is 9. The first-order chi connectivity index (χ1) is 25.8. The highest BCUT2D eigenvalue weighted by Gasteiger charge is 2.27. The van der Waals surface area contributed by atoms with Crippen molar-refractivity contribution in [2.75, 3.05) is 4.90 Å². The summed E-state index contributed by atoms with van der Waals surface area (Å²) in [6.07, 6.45) is 0. The third-order valence-electron chi connectivity index (χ3n) is 10.3. The van der Waals surface area contributed by atoms with E-state index in [1.807, 2.05) is 23.5 Å². The van der Waals surface area contributed by atoms with Crippen LogP contribution in [-0.2, 0) is 0 Å². The van der Waals surface area contributed by atoms with Gasteiger partial charge in [-0.25, -0.2) is 0 Å². The van der Waals surface area contributed by atoms with Crippen LogP contribution in [0.3, 0.4) is 0 Å². The molecule has 11 rings (SSSR count). The number of furan rings is 2. The quantitative estimate of drug-likeness (QED) is 0.181. The number of para-hydroxylation sites is 2. The number of benzene rings is 8. The molecule has 0 aliphatic carbocycles. The Morgan fingerprint density at radius 3 is 1.77 bits per heavy atom. The molecule has 0 spiro atoms. The lowest BCUT2D eigenvalue weighted by atomic mass is 9.97. The first-order valence-electron chi connectivity index (χ1n) is 17.5. The second-order valence-corrected chi connectivity index (χ2v) is 14.3. The molecule has 0 aliphatic rings. The van der Waals surface area contributed by atoms with E-state index < -0.39 is 0 Å². The lowest BCUT2D eigenvalue weighted by molar-refractivity contribution is 0.669. The van der Waals surface area contributed by atoms with Crippen LogP contribution in [0.2, 0.25) is 0 Å². The van der Waals surface area contributed by atoms with Crippen molar-refractivity contribution in [3.8, 4) is 22.3 Å². The lowest BCUT2D eigenvalue weighted by Crippen LogP contribution is -2.11. The van der Waals surface area contributed by atoms with E-state index in [1.54, 1.807) is 0 Å². The van der Waals surface area contributed by atoms with E-state index in [4.69, 9.17) is 8.83 Å². The first-order valence-corrected chi connectivity index (χ1v) is 18.3. The smallest absolute Gasteiger partial charge is 0.145 e. The van der Waals surface area contributed by atoms with Crippen LogP contribution in [0.5, 0.6) is 0 Å². The fourth-order valence-electron chi connectivity index (χ4n) is 7.98. The fraction of sp³-hybridized carbons (Fsp3) is 0. The van der Waals surface area contributed by atoms with Crippen molar-refractivity contribution in [3.63, 3.8) is 0 Å². The van der Waals surface area contributed by atoms with Gasteiger partial charge in [-0.2, -0.15) is 0 Å². The second-order valence-electron chi connectivity index (χ2n) is 13.2. The highest BCUT2D eigenvalue weighted by molar-refractivity contribution is 7.26. The summed E-state index contributed by atoms with van der Waals surface area (Å²) >= 11 is 1.84. The highest BCUT2D eigenvalue weighted by Crippen LogP contribution is 2.52. The van der Waals surface area contributed by atoms with Crippen molar-refractivity contribution in [2.24, 2.45) is 0 Å². The minimum atomic E-state index is 0.850. The molecule has 8 aromatic carbocycles. The van der Waals surface area contributed by atoms with E-state index in [0.29, 0.717) is 0 Å². The predicted molar refractivity (Wildman–Crippen MR) is 219 cm³/mol. The molecule has 0 fully saturated rings. The maximum Gasteiger partial charge on any atom is 0.145 e. The lowest BCUT2D eigenvalue weighted by Gasteiger charge is -2.29. The number of rotatable bonds is 5. The fourth-order valence-corrected chi connectivity index (χ4v) is 9.15. The van der Waals surface area contributed by atoms with Gasteiger partial charge in [0.05, 0.1) is 27.8 Å². The summed E-state index contributed by atoms with van der Waals surface area (Å²) in [5.74, 6) is 0. The molecule has 0 saturated heterocycles. The maximum atomic E-state index is 6.84. The third-order valence-corrected chi connectivity index (χ3v) is 11.4. The minimum absolute atomic E-state index is 0.850. The molecule has 0 amide bonds. The Morgan fingerprint density at radius 2 is 0.981 bits per heavy atom. The van der Waals surface area contributed by atoms with Crippen LogP contribution in [0.4, 0.5) is 17.1 Å². The zero-order valence-electron chi connectivity index (χ0n) is 27.9. The Labute approximate surface area is 303 Å². The Balaban J connectivity index is 1.34. The van der Waals surface area contributed by atoms with E-state index in [-0.39, 0.29) is 0 Å². The van der Waals surface area contributed by atoms with Gasteiger partial charge < -0.3 is 13.7 Å². The van der Waals surface area contributed by atoms with Gasteiger partial charge in [0, 0.05) is 36.5 Å². The van der Waals surface area contributed by atoms with Gasteiger partial charge in [0.1, 0.15) is 22.3 Å². The van der Waals surface area contributed by atoms with Gasteiger partial charge in [-0.1, -0.05) is 121 Å². The normalized spacial score (nSPS) is 11.8. The van der Waals surface area contributed by atoms with Crippen molar-refractivity contribution in [3.05, 3.63) is 176 Å². The van der Waals surface area contributed by atoms with Gasteiger partial charge >= 0.3 is 0 Å². The first kappa shape index (κ1) is 29.1. The molecule has 3 heterocycles. The third kappa shape index (κ3) is 4.38. The average molecular weight is 684 g/mol. The van der Waals surface area contributed by atoms with Crippen molar-refractivity contribution in [1.29, 1.82) is 0 Å². The van der Waals surface area contributed by atoms with Crippen LogP contribution in [0.25, 0.3) is 86.3 Å². The van der Waals surface area contributed by atoms with E-state index in [0.717, 1.165) is 77.6 Å². The molecule has 4 heteroatoms. The molecule has 0 N–H and O–H groups in total. The molecule has 0 atom stereocenters. The van der Waals surface area contributed by atoms with Crippen molar-refractivity contribution < 1.29 is 8.83 Å². The standard InChI is InChI=1S/C48H29NO2S/c1-3-14-30(15-4-1)32-28-39(46-36-20-9-12-25-43(36)52-44(46)29-32)49(37-21-13-24-42-45(37)34-18-7-10-22-40(34)50-42)38-27-26-33(31-16-5-2-6-17-31)48-47(38)35-19-8-11-23-41(35)51-48/h1-29H. The van der Waals surface area contributed by atoms with E-state index in [1.165, 1.54) is 25.7 Å². The van der Waals surface area contributed by atoms with Crippen molar-refractivity contribution in [2.45, 2.75) is 0 Å². The topological polar surface area (TPSA) is 29.5 Å². The number of thiophene rings is 1. The molecule has 244 valence electrons. The molecular formula is C48H29NO2S. The minimum Gasteiger partial charge on any atom is -0.456 e. The molecule has 11 aromatic rings. The number of anilines is 3. The molecule has 0 aliphatic heterocycles. The van der Waals surface area contributed by atoms with Gasteiger partial charge in [-0.15, -0.1) is 11.3 Å². The summed E-state index contributed by atoms with van der Waals surface area (Å²) in [6.45, 7) is 0. The summed E-state index contributed by atoms with van der Waals surface area (Å²) in [6, 6.07) is 62.4. The SMILES string of the molecule is c1ccc(-c2cc(N(c3cccc4oc5ccccc5c34)c3ccc(-c4ccccc4)c4oc5ccccc5c34)c3c(c2)sc2ccccc23)cc1. The van der Waals surface area contributed by atoms with Crippen molar-refractivity contribution in [1.82, 2.24) is 0 Å². The summed E-state index contributed by atoms with van der Waals surface area (Å²) in [4.78, 5) is 2.47. The monoisotopic (exact) mass is 683 g/mol. The molecular weight excluding hydrogens is 655 g/mol. The van der Waals surface area contributed by atoms with E-state index in [2.05, 4.69) is 169 Å². The number of hydrogen-bond acceptors (Lipinski definition) is 4. The summed E-state index contributed by atoms with van der Waals surface area (Å²) in [5, 5.41) is 6.75. The highest BCUT2D eigenvalue weighted by atomic mass is 32.1. The Morgan fingerprint density at radius 1 is 0.365 bits per heavy atom. The molecule has 3 aromatic heterocycles. The second kappa shape index (κ2) is 11.5. The molecule has 0 saturated carbocycles. The van der Waals surface area contributed by atoms with Crippen LogP contribution in [0, 0.1) is 0 Å². The summed E-state index contributed by atoms with van der Waals surface area (Å²) in [7, 11) is 0. The largest absolute Gasteiger partial charge is 0.456 e. The maximum absolute atomic E-state index is 6.84. The van der Waals surface area contributed by atoms with Crippen LogP contribution >= 0.6 is 11.3 Å². The summed E-state index contributed by atoms with van der Waals surface area (Å²) in [5.41, 5.74) is 11.1. The Kier molecular flexibility index (Phi) is 6.42. The van der Waals surface area contributed by atoms with Gasteiger partial charge in [-0.05, 0) is 71.3 Å². The van der Waals surface area contributed by atoms with Gasteiger partial charge in [-0.3, -0.25) is 0 Å². The molecule has 3 nitrogen and oxygen atoms in total. The molecule has 0 radical (unpaired) electrons. The number of hydrogen-bond donors (Lipinski definition) is 0. The van der Waals surface area contributed by atoms with Crippen LogP contribution < -0.4 is 4.90 Å². The van der Waals surface area contributed by atoms with Gasteiger partial charge in [0.25, 0.3) is 0 Å². The molecule has 52 heavy (non-hydrogen) atoms. The average Bonchev–Trinajstić information content (AvgIpc) is 3.90. The number of nitrogens with zero attached hydrogens (tertiary/aromatic N) is 1. The summed E-state index contributed by atoms with van der Waals surface area (Å²) < 4.78 is 15.9. The Hall–Kier alpha value is -6.62. The van der Waals surface area contributed by atoms with Crippen LogP contribution in [0.15, 0.2) is 185 Å².